The lowest BCUT2D eigenvalue weighted by atomic mass is 9.91. The fourth-order valence-electron chi connectivity index (χ4n) is 2.55. The van der Waals surface area contributed by atoms with Crippen LogP contribution in [-0.2, 0) is 0 Å². The zero-order chi connectivity index (χ0) is 15.9. The first-order valence-electron chi connectivity index (χ1n) is 6.85. The number of anilines is 1. The Kier molecular flexibility index (Phi) is 4.22. The summed E-state index contributed by atoms with van der Waals surface area (Å²) in [7, 11) is 0. The molecule has 0 saturated carbocycles. The Labute approximate surface area is 140 Å². The number of benzene rings is 1. The molecule has 2 N–H and O–H groups in total. The lowest BCUT2D eigenvalue weighted by Crippen LogP contribution is -2.35. The van der Waals surface area contributed by atoms with Gasteiger partial charge in [-0.3, -0.25) is 0 Å². The predicted molar refractivity (Wildman–Crippen MR) is 90.0 cm³/mol. The van der Waals surface area contributed by atoms with Gasteiger partial charge in [-0.15, -0.1) is 12.4 Å². The highest BCUT2D eigenvalue weighted by Gasteiger charge is 2.30. The predicted octanol–water partition coefficient (Wildman–Crippen LogP) is 2.80. The molecule has 2 aromatic rings. The summed E-state index contributed by atoms with van der Waals surface area (Å²) in [6.45, 7) is 3.83. The number of nitrogens with zero attached hydrogens (tertiary/aromatic N) is 2. The Balaban J connectivity index is 0.00000192. The van der Waals surface area contributed by atoms with Crippen molar-refractivity contribution in [2.75, 3.05) is 5.73 Å². The molecule has 0 spiro atoms. The summed E-state index contributed by atoms with van der Waals surface area (Å²) in [4.78, 5) is 0. The first-order chi connectivity index (χ1) is 10.4. The number of ether oxygens (including phenoxy) is 1. The van der Waals surface area contributed by atoms with Gasteiger partial charge in [-0.05, 0) is 44.2 Å². The molecule has 3 rings (SSSR count). The number of nitrogens with two attached hydrogens (primary N) is 1. The van der Waals surface area contributed by atoms with Gasteiger partial charge in [0.15, 0.2) is 0 Å². The van der Waals surface area contributed by atoms with Gasteiger partial charge in [0.05, 0.1) is 22.9 Å². The van der Waals surface area contributed by atoms with E-state index in [2.05, 4.69) is 6.07 Å². The second-order valence-electron chi connectivity index (χ2n) is 5.76. The van der Waals surface area contributed by atoms with Crippen molar-refractivity contribution in [3.05, 3.63) is 64.6 Å². The lowest BCUT2D eigenvalue weighted by Gasteiger charge is -2.30. The summed E-state index contributed by atoms with van der Waals surface area (Å²) in [5.74, 6) is 0.651. The summed E-state index contributed by atoms with van der Waals surface area (Å²) in [6.07, 6.45) is 3.21. The molecule has 1 aromatic carbocycles. The van der Waals surface area contributed by atoms with Crippen LogP contribution in [0.2, 0.25) is 0 Å². The summed E-state index contributed by atoms with van der Waals surface area (Å²) in [6, 6.07) is 10.7. The molecule has 0 atom stereocenters. The van der Waals surface area contributed by atoms with Crippen LogP contribution in [-0.4, -0.2) is 5.60 Å². The minimum atomic E-state index is -0.551. The largest absolute Gasteiger partial charge is 0.618 e. The van der Waals surface area contributed by atoms with Crippen molar-refractivity contribution in [2.24, 2.45) is 0 Å². The van der Waals surface area contributed by atoms with E-state index >= 15 is 0 Å². The van der Waals surface area contributed by atoms with Crippen molar-refractivity contribution in [2.45, 2.75) is 19.4 Å². The van der Waals surface area contributed by atoms with Gasteiger partial charge >= 0.3 is 0 Å². The highest BCUT2D eigenvalue weighted by Crippen LogP contribution is 2.38. The maximum Gasteiger partial charge on any atom is 0.224 e. The molecule has 0 bridgehead atoms. The Morgan fingerprint density at radius 1 is 1.26 bits per heavy atom. The van der Waals surface area contributed by atoms with Crippen molar-refractivity contribution in [3.63, 3.8) is 0 Å². The van der Waals surface area contributed by atoms with E-state index in [9.17, 15) is 5.21 Å². The van der Waals surface area contributed by atoms with Crippen LogP contribution in [0.25, 0.3) is 5.57 Å². The number of hydrogen-bond donors (Lipinski definition) is 1. The van der Waals surface area contributed by atoms with Crippen molar-refractivity contribution >= 4 is 23.7 Å². The maximum absolute atomic E-state index is 12.2. The van der Waals surface area contributed by atoms with Crippen molar-refractivity contribution < 1.29 is 9.47 Å². The molecule has 2 heterocycles. The molecule has 1 aromatic heterocycles. The quantitative estimate of drug-likeness (QED) is 0.644. The van der Waals surface area contributed by atoms with Crippen LogP contribution in [0.1, 0.15) is 30.7 Å². The number of pyridine rings is 1. The Morgan fingerprint density at radius 3 is 2.65 bits per heavy atom. The van der Waals surface area contributed by atoms with E-state index in [0.717, 1.165) is 15.9 Å². The van der Waals surface area contributed by atoms with Gasteiger partial charge in [0.2, 0.25) is 11.9 Å². The highest BCUT2D eigenvalue weighted by atomic mass is 35.5. The fraction of sp³-hybridized carbons (Fsp3) is 0.176. The van der Waals surface area contributed by atoms with Crippen LogP contribution in [0.4, 0.5) is 5.69 Å². The third kappa shape index (κ3) is 3.08. The van der Waals surface area contributed by atoms with Crippen LogP contribution < -0.4 is 15.2 Å². The average molecular weight is 330 g/mol. The lowest BCUT2D eigenvalue weighted by molar-refractivity contribution is -0.607. The van der Waals surface area contributed by atoms with Crippen LogP contribution in [0, 0.1) is 16.5 Å². The summed E-state index contributed by atoms with van der Waals surface area (Å²) in [5, 5.41) is 21.3. The Bertz CT molecular complexity index is 838. The van der Waals surface area contributed by atoms with Gasteiger partial charge in [0.1, 0.15) is 11.4 Å². The van der Waals surface area contributed by atoms with E-state index in [-0.39, 0.29) is 12.4 Å². The Morgan fingerprint density at radius 2 is 2.00 bits per heavy atom. The third-order valence-corrected chi connectivity index (χ3v) is 3.48. The fourth-order valence-corrected chi connectivity index (χ4v) is 2.55. The molecule has 0 saturated heterocycles. The van der Waals surface area contributed by atoms with E-state index < -0.39 is 5.60 Å². The van der Waals surface area contributed by atoms with Crippen molar-refractivity contribution in [1.82, 2.24) is 0 Å². The molecular formula is C17H16ClN3O2. The number of fused-ring (bicyclic) bond motifs is 1. The monoisotopic (exact) mass is 329 g/mol. The zero-order valence-electron chi connectivity index (χ0n) is 12.7. The molecule has 118 valence electrons. The first-order valence-corrected chi connectivity index (χ1v) is 6.85. The smallest absolute Gasteiger partial charge is 0.224 e. The number of nitriles is 1. The van der Waals surface area contributed by atoms with Gasteiger partial charge in [-0.25, -0.2) is 0 Å². The second kappa shape index (κ2) is 5.82. The third-order valence-electron chi connectivity index (χ3n) is 3.48. The number of aromatic nitrogens is 1. The molecule has 1 aliphatic heterocycles. The number of nitrogen functional groups attached to an aromatic ring is 1. The van der Waals surface area contributed by atoms with Crippen LogP contribution in [0.15, 0.2) is 42.6 Å². The van der Waals surface area contributed by atoms with E-state index in [1.165, 1.54) is 6.20 Å². The molecule has 0 fully saturated rings. The van der Waals surface area contributed by atoms with Crippen LogP contribution in [0.5, 0.6) is 5.75 Å². The summed E-state index contributed by atoms with van der Waals surface area (Å²) < 4.78 is 6.65. The number of hydrogen-bond acceptors (Lipinski definition) is 4. The maximum atomic E-state index is 12.2. The van der Waals surface area contributed by atoms with Gasteiger partial charge < -0.3 is 15.7 Å². The Hall–Kier alpha value is -2.71. The molecule has 23 heavy (non-hydrogen) atoms. The van der Waals surface area contributed by atoms with Crippen molar-refractivity contribution in [3.8, 4) is 11.8 Å². The van der Waals surface area contributed by atoms with Crippen molar-refractivity contribution in [1.29, 1.82) is 5.26 Å². The molecule has 0 amide bonds. The number of rotatable bonds is 1. The molecular weight excluding hydrogens is 314 g/mol. The minimum absolute atomic E-state index is 0. The summed E-state index contributed by atoms with van der Waals surface area (Å²) >= 11 is 0. The topological polar surface area (TPSA) is 86.0 Å². The molecule has 0 aliphatic carbocycles. The second-order valence-corrected chi connectivity index (χ2v) is 5.76. The van der Waals surface area contributed by atoms with E-state index in [4.69, 9.17) is 15.7 Å². The van der Waals surface area contributed by atoms with Crippen LogP contribution >= 0.6 is 12.4 Å². The zero-order valence-corrected chi connectivity index (χ0v) is 13.6. The molecule has 0 radical (unpaired) electrons. The van der Waals surface area contributed by atoms with Gasteiger partial charge in [-0.2, -0.15) is 9.99 Å². The molecule has 1 aliphatic rings. The SMILES string of the molecule is CC1(C)C=C(c2ccc(N)c[n+]2[O-])c2cc(C#N)ccc2O1.Cl. The minimum Gasteiger partial charge on any atom is -0.618 e. The van der Waals surface area contributed by atoms with Gasteiger partial charge in [0.25, 0.3) is 0 Å². The average Bonchev–Trinajstić information content (AvgIpc) is 2.45. The normalized spacial score (nSPS) is 14.6. The standard InChI is InChI=1S/C17H15N3O2.ClH/c1-17(2)8-14(15-5-4-12(19)10-20(15)21)13-7-11(9-18)3-6-16(13)22-17;/h3-8,10H,19H2,1-2H3;1H. The summed E-state index contributed by atoms with van der Waals surface area (Å²) in [5.41, 5.74) is 7.94. The first kappa shape index (κ1) is 16.7. The van der Waals surface area contributed by atoms with Crippen LogP contribution in [0.3, 0.4) is 0 Å². The number of halogens is 1. The van der Waals surface area contributed by atoms with Gasteiger partial charge in [0, 0.05) is 11.6 Å². The molecule has 0 unspecified atom stereocenters. The molecule has 6 heteroatoms. The van der Waals surface area contributed by atoms with Gasteiger partial charge in [-0.1, -0.05) is 0 Å². The molecule has 5 nitrogen and oxygen atoms in total. The van der Waals surface area contributed by atoms with E-state index in [1.54, 1.807) is 30.3 Å². The van der Waals surface area contributed by atoms with E-state index in [0.29, 0.717) is 22.7 Å². The highest BCUT2D eigenvalue weighted by molar-refractivity contribution is 5.85. The van der Waals surface area contributed by atoms with E-state index in [1.807, 2.05) is 19.9 Å².